The van der Waals surface area contributed by atoms with E-state index in [1.54, 1.807) is 0 Å². The number of hydrogen-bond donors (Lipinski definition) is 1. The molecule has 0 spiro atoms. The lowest BCUT2D eigenvalue weighted by molar-refractivity contribution is -0.0501. The number of halogens is 1. The normalized spacial score (nSPS) is 16.8. The Morgan fingerprint density at radius 1 is 1.25 bits per heavy atom. The number of aromatic nitrogens is 2. The van der Waals surface area contributed by atoms with Crippen LogP contribution in [0.5, 0.6) is 0 Å². The van der Waals surface area contributed by atoms with Gasteiger partial charge in [-0.3, -0.25) is 0 Å². The molecule has 0 bridgehead atoms. The Balaban J connectivity index is 2.11. The van der Waals surface area contributed by atoms with Crippen molar-refractivity contribution in [1.82, 2.24) is 10.2 Å². The van der Waals surface area contributed by atoms with E-state index in [9.17, 15) is 0 Å². The number of benzene rings is 1. The largest absolute Gasteiger partial charge is 0.399 e. The summed E-state index contributed by atoms with van der Waals surface area (Å²) >= 11 is 6.20. The molecule has 3 rings (SSSR count). The van der Waals surface area contributed by atoms with E-state index in [-0.39, 0.29) is 5.41 Å². The van der Waals surface area contributed by atoms with Crippen LogP contribution >= 0.6 is 11.6 Å². The molecule has 0 unspecified atom stereocenters. The van der Waals surface area contributed by atoms with E-state index in [1.165, 1.54) is 0 Å². The van der Waals surface area contributed by atoms with Crippen molar-refractivity contribution in [2.24, 2.45) is 0 Å². The first-order valence-electron chi connectivity index (χ1n) is 6.47. The summed E-state index contributed by atoms with van der Waals surface area (Å²) in [5, 5.41) is 8.74. The molecule has 0 saturated carbocycles. The van der Waals surface area contributed by atoms with Crippen LogP contribution in [0, 0.1) is 6.92 Å². The average molecular weight is 290 g/mol. The fourth-order valence-electron chi connectivity index (χ4n) is 2.41. The molecular formula is C15H16ClN3O. The summed E-state index contributed by atoms with van der Waals surface area (Å²) in [6, 6.07) is 7.77. The van der Waals surface area contributed by atoms with Crippen LogP contribution in [0.15, 0.2) is 24.3 Å². The third-order valence-corrected chi connectivity index (χ3v) is 4.06. The van der Waals surface area contributed by atoms with Gasteiger partial charge in [-0.2, -0.15) is 0 Å². The zero-order valence-electron chi connectivity index (χ0n) is 11.5. The van der Waals surface area contributed by atoms with Crippen LogP contribution < -0.4 is 5.73 Å². The number of nitrogens with two attached hydrogens (primary N) is 1. The molecule has 1 aliphatic heterocycles. The topological polar surface area (TPSA) is 61.0 Å². The molecule has 0 atom stereocenters. The second kappa shape index (κ2) is 4.72. The van der Waals surface area contributed by atoms with Crippen LogP contribution in [0.1, 0.15) is 18.1 Å². The number of rotatable bonds is 2. The van der Waals surface area contributed by atoms with E-state index in [1.807, 2.05) is 31.2 Å². The zero-order chi connectivity index (χ0) is 14.3. The summed E-state index contributed by atoms with van der Waals surface area (Å²) in [4.78, 5) is 0. The number of nitrogens with zero attached hydrogens (tertiary/aromatic N) is 2. The number of hydrogen-bond acceptors (Lipinski definition) is 4. The van der Waals surface area contributed by atoms with Crippen molar-refractivity contribution in [2.75, 3.05) is 18.9 Å². The molecule has 0 aliphatic carbocycles. The third kappa shape index (κ3) is 2.15. The molecule has 5 heteroatoms. The van der Waals surface area contributed by atoms with Crippen LogP contribution in [0.2, 0.25) is 5.15 Å². The molecule has 2 aromatic rings. The zero-order valence-corrected chi connectivity index (χ0v) is 12.2. The number of ether oxygens (including phenoxy) is 1. The second-order valence-corrected chi connectivity index (χ2v) is 5.92. The highest BCUT2D eigenvalue weighted by Crippen LogP contribution is 2.37. The molecule has 0 radical (unpaired) electrons. The van der Waals surface area contributed by atoms with E-state index in [0.717, 1.165) is 22.4 Å². The lowest BCUT2D eigenvalue weighted by Gasteiger charge is -2.38. The fourth-order valence-corrected chi connectivity index (χ4v) is 2.73. The first-order valence-corrected chi connectivity index (χ1v) is 6.85. The minimum Gasteiger partial charge on any atom is -0.399 e. The lowest BCUT2D eigenvalue weighted by Crippen LogP contribution is -2.44. The lowest BCUT2D eigenvalue weighted by atomic mass is 9.81. The maximum atomic E-state index is 6.20. The van der Waals surface area contributed by atoms with Crippen LogP contribution in [-0.4, -0.2) is 23.4 Å². The molecule has 0 amide bonds. The molecule has 104 valence electrons. The van der Waals surface area contributed by atoms with Gasteiger partial charge in [0.25, 0.3) is 0 Å². The molecule has 2 N–H and O–H groups in total. The fraction of sp³-hybridized carbons (Fsp3) is 0.333. The summed E-state index contributed by atoms with van der Waals surface area (Å²) in [6.07, 6.45) is 0. The van der Waals surface area contributed by atoms with Crippen LogP contribution in [0.25, 0.3) is 11.3 Å². The number of anilines is 1. The molecule has 4 nitrogen and oxygen atoms in total. The third-order valence-electron chi connectivity index (χ3n) is 3.78. The highest BCUT2D eigenvalue weighted by atomic mass is 35.5. The van der Waals surface area contributed by atoms with Crippen molar-refractivity contribution >= 4 is 17.3 Å². The number of aryl methyl sites for hydroxylation is 1. The van der Waals surface area contributed by atoms with E-state index >= 15 is 0 Å². The average Bonchev–Trinajstić information content (AvgIpc) is 2.40. The van der Waals surface area contributed by atoms with Gasteiger partial charge in [-0.25, -0.2) is 0 Å². The first-order chi connectivity index (χ1) is 9.49. The Hall–Kier alpha value is -1.65. The Kier molecular flexibility index (Phi) is 3.15. The minimum absolute atomic E-state index is 0.0734. The summed E-state index contributed by atoms with van der Waals surface area (Å²) in [5.74, 6) is 0. The van der Waals surface area contributed by atoms with E-state index in [0.29, 0.717) is 24.1 Å². The highest BCUT2D eigenvalue weighted by Gasteiger charge is 2.38. The monoisotopic (exact) mass is 289 g/mol. The van der Waals surface area contributed by atoms with Crippen molar-refractivity contribution in [1.29, 1.82) is 0 Å². The minimum atomic E-state index is -0.0734. The maximum absolute atomic E-state index is 6.20. The van der Waals surface area contributed by atoms with Crippen molar-refractivity contribution in [3.8, 4) is 11.3 Å². The molecule has 1 aromatic carbocycles. The van der Waals surface area contributed by atoms with Gasteiger partial charge in [-0.05, 0) is 30.7 Å². The SMILES string of the molecule is Cc1ccc(N)cc1-c1cc(C2(C)COC2)c(Cl)nn1. The summed E-state index contributed by atoms with van der Waals surface area (Å²) < 4.78 is 5.31. The molecule has 1 saturated heterocycles. The Bertz CT molecular complexity index is 668. The standard InChI is InChI=1S/C15H16ClN3O/c1-9-3-4-10(17)5-11(9)13-6-12(14(16)19-18-13)15(2)7-20-8-15/h3-6H,7-8,17H2,1-2H3. The Morgan fingerprint density at radius 2 is 2.00 bits per heavy atom. The second-order valence-electron chi connectivity index (χ2n) is 5.56. The molecule has 1 aromatic heterocycles. The van der Waals surface area contributed by atoms with Gasteiger partial charge in [0.05, 0.1) is 18.9 Å². The van der Waals surface area contributed by atoms with Crippen molar-refractivity contribution in [3.63, 3.8) is 0 Å². The first kappa shape index (κ1) is 13.3. The molecular weight excluding hydrogens is 274 g/mol. The van der Waals surface area contributed by atoms with Crippen molar-refractivity contribution < 1.29 is 4.74 Å². The maximum Gasteiger partial charge on any atom is 0.155 e. The van der Waals surface area contributed by atoms with Crippen molar-refractivity contribution in [3.05, 3.63) is 40.5 Å². The predicted molar refractivity (Wildman–Crippen MR) is 79.8 cm³/mol. The van der Waals surface area contributed by atoms with Crippen LogP contribution in [-0.2, 0) is 10.2 Å². The predicted octanol–water partition coefficient (Wildman–Crippen LogP) is 2.98. The summed E-state index contributed by atoms with van der Waals surface area (Å²) in [7, 11) is 0. The van der Waals surface area contributed by atoms with Crippen molar-refractivity contribution in [2.45, 2.75) is 19.3 Å². The van der Waals surface area contributed by atoms with Gasteiger partial charge in [0.15, 0.2) is 5.15 Å². The number of nitrogen functional groups attached to an aromatic ring is 1. The Labute approximate surface area is 122 Å². The molecule has 20 heavy (non-hydrogen) atoms. The van der Waals surface area contributed by atoms with E-state index in [4.69, 9.17) is 22.1 Å². The van der Waals surface area contributed by atoms with Gasteiger partial charge in [0, 0.05) is 22.2 Å². The van der Waals surface area contributed by atoms with E-state index in [2.05, 4.69) is 17.1 Å². The van der Waals surface area contributed by atoms with Gasteiger partial charge in [-0.1, -0.05) is 24.6 Å². The van der Waals surface area contributed by atoms with Gasteiger partial charge in [-0.15, -0.1) is 10.2 Å². The van der Waals surface area contributed by atoms with Crippen LogP contribution in [0.3, 0.4) is 0 Å². The summed E-state index contributed by atoms with van der Waals surface area (Å²) in [6.45, 7) is 5.47. The van der Waals surface area contributed by atoms with Gasteiger partial charge < -0.3 is 10.5 Å². The molecule has 2 heterocycles. The summed E-state index contributed by atoms with van der Waals surface area (Å²) in [5.41, 5.74) is 10.4. The smallest absolute Gasteiger partial charge is 0.155 e. The van der Waals surface area contributed by atoms with Gasteiger partial charge >= 0.3 is 0 Å². The molecule has 1 aliphatic rings. The molecule has 1 fully saturated rings. The quantitative estimate of drug-likeness (QED) is 0.864. The van der Waals surface area contributed by atoms with Gasteiger partial charge in [0.1, 0.15) is 0 Å². The highest BCUT2D eigenvalue weighted by molar-refractivity contribution is 6.30. The Morgan fingerprint density at radius 3 is 2.65 bits per heavy atom. The van der Waals surface area contributed by atoms with Crippen LogP contribution in [0.4, 0.5) is 5.69 Å². The van der Waals surface area contributed by atoms with E-state index < -0.39 is 0 Å². The van der Waals surface area contributed by atoms with Gasteiger partial charge in [0.2, 0.25) is 0 Å².